The third-order valence-corrected chi connectivity index (χ3v) is 3.10. The van der Waals surface area contributed by atoms with Gasteiger partial charge in [0, 0.05) is 12.1 Å². The average molecular weight is 185 g/mol. The first-order valence-corrected chi connectivity index (χ1v) is 5.70. The van der Waals surface area contributed by atoms with Gasteiger partial charge in [-0.15, -0.1) is 0 Å². The monoisotopic (exact) mass is 185 g/mol. The van der Waals surface area contributed by atoms with Gasteiger partial charge in [0.2, 0.25) is 0 Å². The van der Waals surface area contributed by atoms with Gasteiger partial charge in [-0.1, -0.05) is 13.8 Å². The molecular formula is C11H23NO. The molecule has 2 nitrogen and oxygen atoms in total. The fourth-order valence-corrected chi connectivity index (χ4v) is 2.17. The zero-order chi connectivity index (χ0) is 9.68. The van der Waals surface area contributed by atoms with Gasteiger partial charge in [-0.05, 0) is 38.5 Å². The normalized spacial score (nSPS) is 29.5. The maximum Gasteiger partial charge on any atom is 0.0555 e. The standard InChI is InChI=1S/C11H23NO/c1-3-9(4-2)12-10-6-5-7-11(13)8-10/h9-13H,3-8H2,1-2H3. The van der Waals surface area contributed by atoms with Crippen molar-refractivity contribution in [1.29, 1.82) is 0 Å². The molecule has 0 aromatic heterocycles. The second kappa shape index (κ2) is 5.61. The van der Waals surface area contributed by atoms with E-state index in [0.717, 1.165) is 12.8 Å². The number of hydrogen-bond acceptors (Lipinski definition) is 2. The molecule has 13 heavy (non-hydrogen) atoms. The van der Waals surface area contributed by atoms with Crippen molar-refractivity contribution in [2.45, 2.75) is 70.6 Å². The topological polar surface area (TPSA) is 32.3 Å². The molecule has 0 saturated heterocycles. The molecule has 0 heterocycles. The van der Waals surface area contributed by atoms with Crippen molar-refractivity contribution in [3.63, 3.8) is 0 Å². The molecule has 1 aliphatic rings. The van der Waals surface area contributed by atoms with Gasteiger partial charge < -0.3 is 10.4 Å². The molecule has 0 bridgehead atoms. The highest BCUT2D eigenvalue weighted by Gasteiger charge is 2.21. The van der Waals surface area contributed by atoms with Crippen LogP contribution in [0.5, 0.6) is 0 Å². The fourth-order valence-electron chi connectivity index (χ4n) is 2.17. The van der Waals surface area contributed by atoms with Crippen LogP contribution in [0.2, 0.25) is 0 Å². The Morgan fingerprint density at radius 1 is 1.31 bits per heavy atom. The van der Waals surface area contributed by atoms with E-state index in [1.165, 1.54) is 25.7 Å². The minimum absolute atomic E-state index is 0.0550. The molecule has 0 aliphatic heterocycles. The van der Waals surface area contributed by atoms with Gasteiger partial charge in [-0.3, -0.25) is 0 Å². The SMILES string of the molecule is CCC(CC)NC1CCCC(O)C1. The first-order chi connectivity index (χ1) is 6.26. The van der Waals surface area contributed by atoms with Crippen LogP contribution in [-0.4, -0.2) is 23.3 Å². The predicted octanol–water partition coefficient (Wildman–Crippen LogP) is 2.07. The highest BCUT2D eigenvalue weighted by molar-refractivity contribution is 4.79. The van der Waals surface area contributed by atoms with Crippen LogP contribution in [0, 0.1) is 0 Å². The molecule has 1 saturated carbocycles. The number of aliphatic hydroxyl groups is 1. The van der Waals surface area contributed by atoms with E-state index in [1.54, 1.807) is 0 Å². The molecule has 1 aliphatic carbocycles. The van der Waals surface area contributed by atoms with E-state index >= 15 is 0 Å². The lowest BCUT2D eigenvalue weighted by Gasteiger charge is -2.30. The van der Waals surface area contributed by atoms with Gasteiger partial charge >= 0.3 is 0 Å². The highest BCUT2D eigenvalue weighted by Crippen LogP contribution is 2.19. The van der Waals surface area contributed by atoms with E-state index in [2.05, 4.69) is 19.2 Å². The zero-order valence-corrected chi connectivity index (χ0v) is 8.92. The molecule has 78 valence electrons. The minimum atomic E-state index is -0.0550. The summed E-state index contributed by atoms with van der Waals surface area (Å²) in [6, 6.07) is 1.21. The highest BCUT2D eigenvalue weighted by atomic mass is 16.3. The molecule has 1 fully saturated rings. The molecule has 0 aromatic rings. The van der Waals surface area contributed by atoms with Crippen molar-refractivity contribution in [2.75, 3.05) is 0 Å². The van der Waals surface area contributed by atoms with Crippen molar-refractivity contribution < 1.29 is 5.11 Å². The summed E-state index contributed by atoms with van der Waals surface area (Å²) in [7, 11) is 0. The first kappa shape index (κ1) is 11.0. The van der Waals surface area contributed by atoms with Crippen LogP contribution in [0.4, 0.5) is 0 Å². The Morgan fingerprint density at radius 2 is 2.00 bits per heavy atom. The van der Waals surface area contributed by atoms with Crippen molar-refractivity contribution in [1.82, 2.24) is 5.32 Å². The summed E-state index contributed by atoms with van der Waals surface area (Å²) in [6.45, 7) is 4.45. The fraction of sp³-hybridized carbons (Fsp3) is 1.00. The van der Waals surface area contributed by atoms with Crippen LogP contribution in [-0.2, 0) is 0 Å². The van der Waals surface area contributed by atoms with Crippen LogP contribution >= 0.6 is 0 Å². The summed E-state index contributed by atoms with van der Waals surface area (Å²) in [5, 5.41) is 13.1. The molecule has 2 heteroatoms. The van der Waals surface area contributed by atoms with Crippen LogP contribution in [0.15, 0.2) is 0 Å². The molecule has 0 amide bonds. The van der Waals surface area contributed by atoms with Gasteiger partial charge in [0.15, 0.2) is 0 Å². The molecule has 2 N–H and O–H groups in total. The number of nitrogens with one attached hydrogen (secondary N) is 1. The van der Waals surface area contributed by atoms with Crippen molar-refractivity contribution in [3.8, 4) is 0 Å². The largest absolute Gasteiger partial charge is 0.393 e. The quantitative estimate of drug-likeness (QED) is 0.702. The summed E-state index contributed by atoms with van der Waals surface area (Å²) in [6.07, 6.45) is 6.72. The third kappa shape index (κ3) is 3.65. The van der Waals surface area contributed by atoms with E-state index in [-0.39, 0.29) is 6.10 Å². The molecule has 2 atom stereocenters. The molecule has 1 rings (SSSR count). The lowest BCUT2D eigenvalue weighted by molar-refractivity contribution is 0.108. The van der Waals surface area contributed by atoms with E-state index in [9.17, 15) is 5.11 Å². The maximum absolute atomic E-state index is 9.50. The summed E-state index contributed by atoms with van der Waals surface area (Å²) in [4.78, 5) is 0. The van der Waals surface area contributed by atoms with Gasteiger partial charge in [-0.2, -0.15) is 0 Å². The summed E-state index contributed by atoms with van der Waals surface area (Å²) in [5.41, 5.74) is 0. The Kier molecular flexibility index (Phi) is 4.74. The molecule has 0 radical (unpaired) electrons. The van der Waals surface area contributed by atoms with Crippen LogP contribution in [0.25, 0.3) is 0 Å². The Hall–Kier alpha value is -0.0800. The number of rotatable bonds is 4. The van der Waals surface area contributed by atoms with Gasteiger partial charge in [0.05, 0.1) is 6.10 Å². The van der Waals surface area contributed by atoms with Gasteiger partial charge in [0.1, 0.15) is 0 Å². The van der Waals surface area contributed by atoms with Gasteiger partial charge in [0.25, 0.3) is 0 Å². The van der Waals surface area contributed by atoms with Crippen molar-refractivity contribution in [2.24, 2.45) is 0 Å². The molecule has 0 aromatic carbocycles. The third-order valence-electron chi connectivity index (χ3n) is 3.10. The summed E-state index contributed by atoms with van der Waals surface area (Å²) >= 11 is 0. The number of aliphatic hydroxyl groups excluding tert-OH is 1. The molecular weight excluding hydrogens is 162 g/mol. The van der Waals surface area contributed by atoms with Crippen molar-refractivity contribution in [3.05, 3.63) is 0 Å². The lowest BCUT2D eigenvalue weighted by Crippen LogP contribution is -2.41. The first-order valence-electron chi connectivity index (χ1n) is 5.70. The Balaban J connectivity index is 2.26. The Bertz CT molecular complexity index is 134. The van der Waals surface area contributed by atoms with Gasteiger partial charge in [-0.25, -0.2) is 0 Å². The van der Waals surface area contributed by atoms with E-state index in [1.807, 2.05) is 0 Å². The molecule has 0 spiro atoms. The Labute approximate surface area is 81.7 Å². The van der Waals surface area contributed by atoms with E-state index < -0.39 is 0 Å². The van der Waals surface area contributed by atoms with Crippen LogP contribution in [0.1, 0.15) is 52.4 Å². The minimum Gasteiger partial charge on any atom is -0.393 e. The lowest BCUT2D eigenvalue weighted by atomic mass is 9.92. The summed E-state index contributed by atoms with van der Waals surface area (Å²) in [5.74, 6) is 0. The predicted molar refractivity (Wildman–Crippen MR) is 55.8 cm³/mol. The Morgan fingerprint density at radius 3 is 2.54 bits per heavy atom. The van der Waals surface area contributed by atoms with Crippen LogP contribution < -0.4 is 5.32 Å². The van der Waals surface area contributed by atoms with E-state index in [4.69, 9.17) is 0 Å². The van der Waals surface area contributed by atoms with Crippen LogP contribution in [0.3, 0.4) is 0 Å². The maximum atomic E-state index is 9.50. The molecule has 2 unspecified atom stereocenters. The average Bonchev–Trinajstić information content (AvgIpc) is 2.14. The smallest absolute Gasteiger partial charge is 0.0555 e. The number of hydrogen-bond donors (Lipinski definition) is 2. The second-order valence-electron chi connectivity index (χ2n) is 4.20. The second-order valence-corrected chi connectivity index (χ2v) is 4.20. The van der Waals surface area contributed by atoms with E-state index in [0.29, 0.717) is 12.1 Å². The zero-order valence-electron chi connectivity index (χ0n) is 8.92. The summed E-state index contributed by atoms with van der Waals surface area (Å²) < 4.78 is 0. The van der Waals surface area contributed by atoms with Crippen molar-refractivity contribution >= 4 is 0 Å².